The number of hydrogen-bond donors (Lipinski definition) is 7. The Kier molecular flexibility index (Phi) is 30.9. The highest BCUT2D eigenvalue weighted by Crippen LogP contribution is 2.55. The second kappa shape index (κ2) is 39.4. The van der Waals surface area contributed by atoms with Crippen LogP contribution in [0.4, 0.5) is 0 Å². The fourth-order valence-electron chi connectivity index (χ4n) is 13.3. The topological polar surface area (TPSA) is 404 Å². The van der Waals surface area contributed by atoms with E-state index in [1.54, 1.807) is 87.9 Å². The second-order valence-electron chi connectivity index (χ2n) is 31.3. The summed E-state index contributed by atoms with van der Waals surface area (Å²) in [7, 11) is -17.2. The molecular formula is C84H108N9O21P3S3. The molecule has 0 spiro atoms. The lowest BCUT2D eigenvalue weighted by molar-refractivity contribution is 0.00149. The van der Waals surface area contributed by atoms with Crippen LogP contribution < -0.4 is 14.2 Å². The molecule has 36 heteroatoms. The van der Waals surface area contributed by atoms with E-state index in [-0.39, 0.29) is 46.0 Å². The second-order valence-corrected chi connectivity index (χ2v) is 41.9. The Labute approximate surface area is 700 Å². The largest absolute Gasteiger partial charge is 0.491 e. The molecule has 0 fully saturated rings. The smallest absolute Gasteiger partial charge is 0.475 e. The zero-order chi connectivity index (χ0) is 87.5. The quantitative estimate of drug-likeness (QED) is 0.0142. The van der Waals surface area contributed by atoms with Crippen molar-refractivity contribution in [1.82, 2.24) is 44.6 Å². The summed E-state index contributed by atoms with van der Waals surface area (Å²) >= 11 is 0. The van der Waals surface area contributed by atoms with Gasteiger partial charge < -0.3 is 63.4 Å². The van der Waals surface area contributed by atoms with Crippen molar-refractivity contribution in [3.8, 4) is 50.6 Å². The molecule has 12 aromatic rings. The minimum Gasteiger partial charge on any atom is -0.491 e. The molecule has 6 aromatic heterocycles. The Morgan fingerprint density at radius 2 is 0.717 bits per heavy atom. The lowest BCUT2D eigenvalue weighted by Crippen LogP contribution is -2.28. The SMILES string of the molecule is CCS(=O)(=O)c1cccc(-c2ccc(OCCCN(C)CCOP(=O)(O)O)c3[nH]c4ncc(C)cc4c23)c1.CCS(=O)(=O)c1cccc(-c2ccc(OCCN(C)CCOP(=O)(O)O)c3[nH]c4ncc(C)cc4c23)c1.Cc1cnc2[nH]c3c(OCCCN(C)CCOP(=O)(OC(C)(C)C)OC(C)(C)C)ccc(-c4cccc(S(C)(=O)=O)c4)c3c2c1. The predicted molar refractivity (Wildman–Crippen MR) is 469 cm³/mol. The number of nitrogens with one attached hydrogen (secondary N) is 3. The van der Waals surface area contributed by atoms with E-state index in [2.05, 4.69) is 56.0 Å². The van der Waals surface area contributed by atoms with Gasteiger partial charge in [-0.25, -0.2) is 53.9 Å². The van der Waals surface area contributed by atoms with Crippen molar-refractivity contribution in [1.29, 1.82) is 0 Å². The normalized spacial score (nSPS) is 12.8. The number of rotatable bonds is 36. The van der Waals surface area contributed by atoms with Gasteiger partial charge >= 0.3 is 23.5 Å². The van der Waals surface area contributed by atoms with Crippen molar-refractivity contribution < 1.29 is 95.4 Å². The third-order valence-electron chi connectivity index (χ3n) is 19.0. The lowest BCUT2D eigenvalue weighted by atomic mass is 9.99. The van der Waals surface area contributed by atoms with Gasteiger partial charge in [-0.3, -0.25) is 22.6 Å². The molecule has 0 saturated heterocycles. The fourth-order valence-corrected chi connectivity index (χ4v) is 18.2. The van der Waals surface area contributed by atoms with Gasteiger partial charge in [0, 0.05) is 96.4 Å². The van der Waals surface area contributed by atoms with Crippen molar-refractivity contribution in [3.63, 3.8) is 0 Å². The highest BCUT2D eigenvalue weighted by atomic mass is 32.2. The first-order chi connectivity index (χ1) is 56.3. The van der Waals surface area contributed by atoms with Crippen LogP contribution in [0.15, 0.2) is 161 Å². The number of hydrogen-bond acceptors (Lipinski definition) is 23. The number of sulfone groups is 3. The first kappa shape index (κ1) is 93.9. The fraction of sp³-hybridized carbons (Fsp3) is 0.393. The number of ether oxygens (including phenoxy) is 3. The molecule has 0 saturated carbocycles. The van der Waals surface area contributed by atoms with Crippen LogP contribution in [0, 0.1) is 20.8 Å². The summed E-state index contributed by atoms with van der Waals surface area (Å²) in [5, 5.41) is 5.50. The van der Waals surface area contributed by atoms with E-state index in [9.17, 15) is 38.9 Å². The maximum Gasteiger partial charge on any atom is 0.475 e. The number of aryl methyl sites for hydroxylation is 3. The average molecular weight is 1770 g/mol. The van der Waals surface area contributed by atoms with Crippen molar-refractivity contribution in [2.75, 3.05) is 118 Å². The molecule has 0 aliphatic rings. The maximum absolute atomic E-state index is 13.3. The summed E-state index contributed by atoms with van der Waals surface area (Å²) < 4.78 is 154. The van der Waals surface area contributed by atoms with Crippen molar-refractivity contribution >= 4 is 119 Å². The number of nitrogens with zero attached hydrogens (tertiary/aromatic N) is 6. The Bertz CT molecular complexity index is 6140. The highest BCUT2D eigenvalue weighted by Gasteiger charge is 2.37. The molecule has 6 heterocycles. The zero-order valence-electron chi connectivity index (χ0n) is 70.1. The molecule has 0 aliphatic carbocycles. The number of likely N-dealkylation sites (N-methyl/N-ethyl adjacent to an activating group) is 3. The molecule has 30 nitrogen and oxygen atoms in total. The molecule has 0 bridgehead atoms. The van der Waals surface area contributed by atoms with Gasteiger partial charge in [0.2, 0.25) is 0 Å². The summed E-state index contributed by atoms with van der Waals surface area (Å²) in [4.78, 5) is 65.7. The van der Waals surface area contributed by atoms with E-state index in [1.807, 2.05) is 153 Å². The van der Waals surface area contributed by atoms with Gasteiger partial charge in [0.25, 0.3) is 0 Å². The van der Waals surface area contributed by atoms with Gasteiger partial charge in [0.05, 0.1) is 87.0 Å². The summed E-state index contributed by atoms with van der Waals surface area (Å²) in [6.45, 7) is 24.4. The molecule has 648 valence electrons. The van der Waals surface area contributed by atoms with Crippen LogP contribution in [-0.2, 0) is 65.8 Å². The Morgan fingerprint density at radius 3 is 1.04 bits per heavy atom. The molecule has 0 atom stereocenters. The standard InChI is InChI=1S/C33H46N3O7PS.C26H32N3O7PS.C25H30N3O7PS/c1-23-20-27-29-26(24-12-10-13-25(21-24)45(9,38)39)14-15-28(30(29)35-31(27)34-22-23)40-18-11-16-36(8)17-19-41-44(37,42-32(2,3)4)43-33(5,6)7;1-4-38(33,34)20-8-5-7-19(16-20)21-9-10-23(25-24(21)22-15-18(2)17-27-26(22)28-25)35-13-6-11-29(3)12-14-36-37(30,31)32;1-4-37(32,33)19-7-5-6-18(15-19)20-8-9-22(34-12-10-28(3)11-13-35-36(29,30)31)24-23(20)21-14-17(2)16-26-25(21)27-24/h10,12-15,20-22H,11,16-19H2,1-9H3,(H,34,35);5,7-10,15-17H,4,6,11-14H2,1-3H3,(H,27,28)(H2,30,31,32);5-9,14-16H,4,10-13H2,1-3H3,(H,26,27)(H2,29,30,31). The third kappa shape index (κ3) is 25.6. The van der Waals surface area contributed by atoms with Gasteiger partial charge in [0.15, 0.2) is 29.5 Å². The minimum atomic E-state index is -4.49. The summed E-state index contributed by atoms with van der Waals surface area (Å²) in [5.41, 5.74) is 11.1. The summed E-state index contributed by atoms with van der Waals surface area (Å²) in [6.07, 6.45) is 8.01. The number of pyridine rings is 3. The van der Waals surface area contributed by atoms with Crippen molar-refractivity contribution in [2.45, 2.75) is 115 Å². The van der Waals surface area contributed by atoms with Gasteiger partial charge in [-0.1, -0.05) is 50.2 Å². The summed E-state index contributed by atoms with van der Waals surface area (Å²) in [6, 6.07) is 38.5. The molecule has 0 radical (unpaired) electrons. The van der Waals surface area contributed by atoms with E-state index < -0.39 is 64.2 Å². The van der Waals surface area contributed by atoms with Crippen LogP contribution in [0.2, 0.25) is 0 Å². The van der Waals surface area contributed by atoms with Crippen LogP contribution in [0.1, 0.15) is 84.9 Å². The van der Waals surface area contributed by atoms with Crippen LogP contribution >= 0.6 is 23.5 Å². The molecule has 120 heavy (non-hydrogen) atoms. The Morgan fingerprint density at radius 1 is 0.408 bits per heavy atom. The van der Waals surface area contributed by atoms with Crippen LogP contribution in [-0.4, -0.2) is 218 Å². The van der Waals surface area contributed by atoms with E-state index in [4.69, 9.17) is 47.4 Å². The van der Waals surface area contributed by atoms with Gasteiger partial charge in [0.1, 0.15) is 40.8 Å². The third-order valence-corrected chi connectivity index (χ3v) is 26.7. The number of aromatic amines is 3. The molecular weight excluding hydrogens is 1660 g/mol. The predicted octanol–water partition coefficient (Wildman–Crippen LogP) is 15.8. The van der Waals surface area contributed by atoms with Gasteiger partial charge in [-0.2, -0.15) is 0 Å². The molecule has 0 aliphatic heterocycles. The molecule has 12 rings (SSSR count). The van der Waals surface area contributed by atoms with Crippen molar-refractivity contribution in [3.05, 3.63) is 163 Å². The minimum absolute atomic E-state index is 0.0225. The monoisotopic (exact) mass is 1770 g/mol. The average Bonchev–Trinajstić information content (AvgIpc) is 1.60. The van der Waals surface area contributed by atoms with Crippen LogP contribution in [0.25, 0.3) is 99.2 Å². The number of aromatic nitrogens is 6. The first-order valence-corrected chi connectivity index (χ1v) is 48.7. The van der Waals surface area contributed by atoms with E-state index >= 15 is 0 Å². The Hall–Kier alpha value is -8.37. The highest BCUT2D eigenvalue weighted by molar-refractivity contribution is 7.91. The van der Waals surface area contributed by atoms with Crippen LogP contribution in [0.5, 0.6) is 17.2 Å². The molecule has 0 amide bonds. The van der Waals surface area contributed by atoms with E-state index in [1.165, 1.54) is 6.26 Å². The Balaban J connectivity index is 0.000000190. The first-order valence-electron chi connectivity index (χ1n) is 39.0. The van der Waals surface area contributed by atoms with E-state index in [0.717, 1.165) is 118 Å². The van der Waals surface area contributed by atoms with Crippen LogP contribution in [0.3, 0.4) is 0 Å². The molecule has 0 unspecified atom stereocenters. The van der Waals surface area contributed by atoms with Gasteiger partial charge in [-0.05, 0) is 237 Å². The number of benzene rings is 6. The number of H-pyrrole nitrogens is 3. The van der Waals surface area contributed by atoms with Crippen molar-refractivity contribution in [2.24, 2.45) is 0 Å². The zero-order valence-corrected chi connectivity index (χ0v) is 75.3. The molecule has 6 aromatic carbocycles. The number of phosphoric ester groups is 3. The van der Waals surface area contributed by atoms with E-state index in [0.29, 0.717) is 87.5 Å². The maximum atomic E-state index is 13.3. The number of phosphoric acid groups is 3. The van der Waals surface area contributed by atoms with Gasteiger partial charge in [-0.15, -0.1) is 0 Å². The molecule has 7 N–H and O–H groups in total. The summed E-state index contributed by atoms with van der Waals surface area (Å²) in [5.74, 6) is 2.01. The lowest BCUT2D eigenvalue weighted by Gasteiger charge is -2.31. The number of fused-ring (bicyclic) bond motifs is 9.